The third-order valence-electron chi connectivity index (χ3n) is 6.36. The summed E-state index contributed by atoms with van der Waals surface area (Å²) in [6, 6.07) is 14.2. The number of carbonyl (C=O) groups excluding carboxylic acids is 1. The van der Waals surface area contributed by atoms with Crippen molar-refractivity contribution in [1.82, 2.24) is 4.90 Å². The van der Waals surface area contributed by atoms with E-state index < -0.39 is 0 Å². The molecule has 0 saturated carbocycles. The third-order valence-corrected chi connectivity index (χ3v) is 7.36. The van der Waals surface area contributed by atoms with Crippen LogP contribution in [-0.4, -0.2) is 48.3 Å². The molecule has 34 heavy (non-hydrogen) atoms. The number of likely N-dealkylation sites (N-methyl/N-ethyl adjacent to an activating group) is 1. The van der Waals surface area contributed by atoms with Gasteiger partial charge >= 0.3 is 0 Å². The van der Waals surface area contributed by atoms with Crippen molar-refractivity contribution < 1.29 is 9.53 Å². The number of carbonyl (C=O) groups is 1. The van der Waals surface area contributed by atoms with Gasteiger partial charge in [-0.15, -0.1) is 0 Å². The van der Waals surface area contributed by atoms with Crippen LogP contribution in [0.2, 0.25) is 0 Å². The first-order chi connectivity index (χ1) is 16.2. The van der Waals surface area contributed by atoms with Crippen LogP contribution in [0.5, 0.6) is 0 Å². The molecule has 1 amide bonds. The summed E-state index contributed by atoms with van der Waals surface area (Å²) in [5.41, 5.74) is 6.76. The van der Waals surface area contributed by atoms with E-state index in [9.17, 15) is 4.79 Å². The summed E-state index contributed by atoms with van der Waals surface area (Å²) in [7, 11) is 1.64. The van der Waals surface area contributed by atoms with E-state index in [1.165, 1.54) is 28.6 Å². The van der Waals surface area contributed by atoms with Gasteiger partial charge in [-0.3, -0.25) is 9.69 Å². The normalized spacial score (nSPS) is 19.7. The highest BCUT2D eigenvalue weighted by molar-refractivity contribution is 8.18. The number of thioether (sulfide) groups is 1. The highest BCUT2D eigenvalue weighted by atomic mass is 32.2. The van der Waals surface area contributed by atoms with E-state index in [0.717, 1.165) is 23.4 Å². The third kappa shape index (κ3) is 4.70. The van der Waals surface area contributed by atoms with Crippen molar-refractivity contribution in [3.63, 3.8) is 0 Å². The van der Waals surface area contributed by atoms with Crippen LogP contribution in [-0.2, 0) is 9.53 Å². The van der Waals surface area contributed by atoms with Crippen LogP contribution < -0.4 is 4.90 Å². The summed E-state index contributed by atoms with van der Waals surface area (Å²) in [6.07, 6.45) is 4.34. The number of hydrogen-bond acceptors (Lipinski definition) is 5. The van der Waals surface area contributed by atoms with Gasteiger partial charge in [-0.1, -0.05) is 24.3 Å². The average Bonchev–Trinajstić information content (AvgIpc) is 3.07. The molecule has 2 aliphatic heterocycles. The fourth-order valence-electron chi connectivity index (χ4n) is 4.70. The number of anilines is 1. The number of benzene rings is 2. The summed E-state index contributed by atoms with van der Waals surface area (Å²) in [6.45, 7) is 12.9. The molecule has 0 bridgehead atoms. The van der Waals surface area contributed by atoms with Gasteiger partial charge in [0.05, 0.1) is 29.3 Å². The minimum Gasteiger partial charge on any atom is -0.383 e. The van der Waals surface area contributed by atoms with Crippen LogP contribution in [0.1, 0.15) is 44.4 Å². The molecule has 0 aliphatic carbocycles. The second-order valence-corrected chi connectivity index (χ2v) is 10.3. The van der Waals surface area contributed by atoms with Crippen LogP contribution in [0.15, 0.2) is 58.4 Å². The zero-order chi connectivity index (χ0) is 24.5. The fraction of sp³-hybridized carbons (Fsp3) is 0.357. The Morgan fingerprint density at radius 2 is 1.88 bits per heavy atom. The molecule has 2 aromatic carbocycles. The predicted octanol–water partition coefficient (Wildman–Crippen LogP) is 6.27. The molecule has 1 fully saturated rings. The van der Waals surface area contributed by atoms with Crippen molar-refractivity contribution in [2.45, 2.75) is 40.2 Å². The monoisotopic (exact) mass is 475 g/mol. The Morgan fingerprint density at radius 3 is 2.56 bits per heavy atom. The van der Waals surface area contributed by atoms with Crippen LogP contribution >= 0.6 is 11.8 Å². The Bertz CT molecular complexity index is 1180. The van der Waals surface area contributed by atoms with Crippen LogP contribution in [0.4, 0.5) is 11.4 Å². The number of fused-ring (bicyclic) bond motifs is 1. The van der Waals surface area contributed by atoms with E-state index in [1.807, 2.05) is 36.4 Å². The maximum absolute atomic E-state index is 13.3. The van der Waals surface area contributed by atoms with E-state index in [1.54, 1.807) is 12.0 Å². The van der Waals surface area contributed by atoms with Crippen molar-refractivity contribution in [2.75, 3.05) is 31.7 Å². The minimum absolute atomic E-state index is 0.0276. The zero-order valence-corrected chi connectivity index (χ0v) is 21.7. The zero-order valence-electron chi connectivity index (χ0n) is 20.9. The van der Waals surface area contributed by atoms with Gasteiger partial charge in [0, 0.05) is 24.9 Å². The lowest BCUT2D eigenvalue weighted by molar-refractivity contribution is -0.122. The van der Waals surface area contributed by atoms with Gasteiger partial charge in [0.25, 0.3) is 5.91 Å². The first kappa shape index (κ1) is 24.3. The number of ether oxygens (including phenoxy) is 1. The Morgan fingerprint density at radius 1 is 1.15 bits per heavy atom. The predicted molar refractivity (Wildman–Crippen MR) is 145 cm³/mol. The van der Waals surface area contributed by atoms with Gasteiger partial charge in [-0.05, 0) is 93.4 Å². The van der Waals surface area contributed by atoms with Crippen molar-refractivity contribution in [3.8, 4) is 0 Å². The minimum atomic E-state index is -0.0302. The van der Waals surface area contributed by atoms with Gasteiger partial charge in [0.1, 0.15) is 0 Å². The number of aryl methyl sites for hydroxylation is 1. The molecule has 178 valence electrons. The summed E-state index contributed by atoms with van der Waals surface area (Å²) in [5, 5.41) is 0.685. The Balaban J connectivity index is 1.73. The topological polar surface area (TPSA) is 45.1 Å². The second kappa shape index (κ2) is 9.80. The van der Waals surface area contributed by atoms with Crippen molar-refractivity contribution in [3.05, 3.63) is 70.1 Å². The lowest BCUT2D eigenvalue weighted by atomic mass is 9.87. The van der Waals surface area contributed by atoms with Gasteiger partial charge in [0.15, 0.2) is 5.17 Å². The van der Waals surface area contributed by atoms with Gasteiger partial charge < -0.3 is 9.64 Å². The number of amidine groups is 1. The van der Waals surface area contributed by atoms with E-state index in [2.05, 4.69) is 57.7 Å². The molecule has 0 aromatic heterocycles. The standard InChI is InChI=1S/C28H33N3O2S/c1-7-31-24-15-19(2)21(16-23(24)20(3)18-28(31,4)5)17-25-26(32)30(13-14-33-6)27(34-25)29-22-11-9-8-10-12-22/h8-12,15-18H,7,13-14H2,1-6H3/b25-17-,29-27?. The van der Waals surface area contributed by atoms with E-state index >= 15 is 0 Å². The number of hydrogen-bond donors (Lipinski definition) is 0. The van der Waals surface area contributed by atoms with Crippen LogP contribution in [0.25, 0.3) is 11.6 Å². The Kier molecular flexibility index (Phi) is 7.01. The number of methoxy groups -OCH3 is 1. The van der Waals surface area contributed by atoms with Crippen LogP contribution in [0.3, 0.4) is 0 Å². The molecular formula is C28H33N3O2S. The molecule has 0 radical (unpaired) electrons. The maximum atomic E-state index is 13.3. The molecule has 4 rings (SSSR count). The van der Waals surface area contributed by atoms with Crippen LogP contribution in [0, 0.1) is 6.92 Å². The molecule has 2 aliphatic rings. The molecule has 1 saturated heterocycles. The molecule has 0 N–H and O–H groups in total. The smallest absolute Gasteiger partial charge is 0.266 e. The average molecular weight is 476 g/mol. The first-order valence-electron chi connectivity index (χ1n) is 11.7. The molecule has 0 spiro atoms. The number of nitrogens with zero attached hydrogens (tertiary/aromatic N) is 3. The van der Waals surface area contributed by atoms with E-state index in [-0.39, 0.29) is 11.4 Å². The Hall–Kier alpha value is -2.83. The molecule has 2 aromatic rings. The van der Waals surface area contributed by atoms with Crippen molar-refractivity contribution >= 4 is 45.9 Å². The highest BCUT2D eigenvalue weighted by Crippen LogP contribution is 2.41. The molecule has 5 nitrogen and oxygen atoms in total. The summed E-state index contributed by atoms with van der Waals surface area (Å²) in [4.78, 5) is 22.9. The number of allylic oxidation sites excluding steroid dienone is 1. The molecule has 0 atom stereocenters. The second-order valence-electron chi connectivity index (χ2n) is 9.24. The summed E-state index contributed by atoms with van der Waals surface area (Å²) < 4.78 is 5.25. The number of rotatable bonds is 6. The van der Waals surface area contributed by atoms with Gasteiger partial charge in [-0.2, -0.15) is 0 Å². The Labute approximate surface area is 207 Å². The summed E-state index contributed by atoms with van der Waals surface area (Å²) >= 11 is 1.43. The quantitative estimate of drug-likeness (QED) is 0.462. The van der Waals surface area contributed by atoms with E-state index in [0.29, 0.717) is 23.2 Å². The number of para-hydroxylation sites is 1. The molecular weight excluding hydrogens is 442 g/mol. The van der Waals surface area contributed by atoms with Crippen molar-refractivity contribution in [2.24, 2.45) is 4.99 Å². The van der Waals surface area contributed by atoms with Gasteiger partial charge in [0.2, 0.25) is 0 Å². The molecule has 0 unspecified atom stereocenters. The van der Waals surface area contributed by atoms with Gasteiger partial charge in [-0.25, -0.2) is 4.99 Å². The number of amides is 1. The molecule has 2 heterocycles. The maximum Gasteiger partial charge on any atom is 0.266 e. The van der Waals surface area contributed by atoms with Crippen molar-refractivity contribution in [1.29, 1.82) is 0 Å². The lowest BCUT2D eigenvalue weighted by Crippen LogP contribution is -2.44. The fourth-order valence-corrected chi connectivity index (χ4v) is 5.72. The highest BCUT2D eigenvalue weighted by Gasteiger charge is 2.34. The molecule has 6 heteroatoms. The largest absolute Gasteiger partial charge is 0.383 e. The first-order valence-corrected chi connectivity index (χ1v) is 12.5. The number of aliphatic imine (C=N–C) groups is 1. The summed E-state index contributed by atoms with van der Waals surface area (Å²) in [5.74, 6) is -0.0302. The van der Waals surface area contributed by atoms with E-state index in [4.69, 9.17) is 9.73 Å². The lowest BCUT2D eigenvalue weighted by Gasteiger charge is -2.43. The SMILES string of the molecule is CCN1c2cc(C)c(/C=C3\SC(=Nc4ccccc4)N(CCOC)C3=O)cc2C(C)=CC1(C)C.